The molecule has 1 aliphatic heterocycles. The van der Waals surface area contributed by atoms with Gasteiger partial charge in [-0.2, -0.15) is 11.3 Å². The Bertz CT molecular complexity index is 323. The van der Waals surface area contributed by atoms with Crippen LogP contribution in [0.25, 0.3) is 0 Å². The van der Waals surface area contributed by atoms with Gasteiger partial charge >= 0.3 is 0 Å². The van der Waals surface area contributed by atoms with Crippen LogP contribution in [0.5, 0.6) is 0 Å². The molecule has 0 spiro atoms. The molecule has 0 radical (unpaired) electrons. The Balaban J connectivity index is 2.03. The topological polar surface area (TPSA) is 32.3 Å². The standard InChI is InChI=1S/C11H16N2OS/c1-9-11(14)13(5-2-4-12-9)7-10-3-6-15-8-10/h3,6,8-9,12H,2,4-5,7H2,1H3. The fourth-order valence-electron chi connectivity index (χ4n) is 1.82. The third-order valence-corrected chi connectivity index (χ3v) is 3.42. The van der Waals surface area contributed by atoms with Crippen LogP contribution in [-0.4, -0.2) is 29.9 Å². The van der Waals surface area contributed by atoms with Gasteiger partial charge in [-0.25, -0.2) is 0 Å². The van der Waals surface area contributed by atoms with Crippen molar-refractivity contribution < 1.29 is 4.79 Å². The van der Waals surface area contributed by atoms with Crippen LogP contribution in [-0.2, 0) is 11.3 Å². The maximum Gasteiger partial charge on any atom is 0.239 e. The first kappa shape index (κ1) is 10.6. The van der Waals surface area contributed by atoms with Crippen LogP contribution in [0.3, 0.4) is 0 Å². The van der Waals surface area contributed by atoms with Crippen molar-refractivity contribution in [3.63, 3.8) is 0 Å². The molecule has 1 aromatic rings. The van der Waals surface area contributed by atoms with Crippen LogP contribution in [0.15, 0.2) is 16.8 Å². The largest absolute Gasteiger partial charge is 0.337 e. The summed E-state index contributed by atoms with van der Waals surface area (Å²) in [6, 6.07) is 2.05. The van der Waals surface area contributed by atoms with E-state index in [0.717, 1.165) is 26.1 Å². The molecule has 1 fully saturated rings. The third-order valence-electron chi connectivity index (χ3n) is 2.69. The predicted octanol–water partition coefficient (Wildman–Crippen LogP) is 1.46. The molecule has 0 bridgehead atoms. The zero-order chi connectivity index (χ0) is 10.7. The molecule has 3 nitrogen and oxygen atoms in total. The van der Waals surface area contributed by atoms with Crippen LogP contribution < -0.4 is 5.32 Å². The van der Waals surface area contributed by atoms with Crippen molar-refractivity contribution in [2.45, 2.75) is 25.9 Å². The average molecular weight is 224 g/mol. The normalized spacial score (nSPS) is 22.9. The second-order valence-corrected chi connectivity index (χ2v) is 4.70. The van der Waals surface area contributed by atoms with Gasteiger partial charge in [0.05, 0.1) is 6.04 Å². The molecule has 15 heavy (non-hydrogen) atoms. The van der Waals surface area contributed by atoms with Crippen molar-refractivity contribution in [2.75, 3.05) is 13.1 Å². The second-order valence-electron chi connectivity index (χ2n) is 3.92. The van der Waals surface area contributed by atoms with Crippen LogP contribution >= 0.6 is 11.3 Å². The summed E-state index contributed by atoms with van der Waals surface area (Å²) in [5.41, 5.74) is 1.24. The number of carbonyl (C=O) groups excluding carboxylic acids is 1. The SMILES string of the molecule is CC1NCCCN(Cc2ccsc2)C1=O. The average Bonchev–Trinajstić information content (AvgIpc) is 2.68. The highest BCUT2D eigenvalue weighted by Gasteiger charge is 2.22. The Morgan fingerprint density at radius 3 is 3.27 bits per heavy atom. The summed E-state index contributed by atoms with van der Waals surface area (Å²) < 4.78 is 0. The lowest BCUT2D eigenvalue weighted by Gasteiger charge is -2.22. The molecule has 0 aliphatic carbocycles. The van der Waals surface area contributed by atoms with Crippen molar-refractivity contribution in [2.24, 2.45) is 0 Å². The van der Waals surface area contributed by atoms with Gasteiger partial charge in [0, 0.05) is 13.1 Å². The van der Waals surface area contributed by atoms with E-state index in [-0.39, 0.29) is 11.9 Å². The molecule has 1 N–H and O–H groups in total. The molecular weight excluding hydrogens is 208 g/mol. The van der Waals surface area contributed by atoms with Crippen LogP contribution in [0.2, 0.25) is 0 Å². The van der Waals surface area contributed by atoms with E-state index in [9.17, 15) is 4.79 Å². The Morgan fingerprint density at radius 2 is 2.53 bits per heavy atom. The van der Waals surface area contributed by atoms with Crippen molar-refractivity contribution in [1.29, 1.82) is 0 Å². The zero-order valence-electron chi connectivity index (χ0n) is 8.90. The number of rotatable bonds is 2. The number of hydrogen-bond acceptors (Lipinski definition) is 3. The minimum absolute atomic E-state index is 0.0360. The molecule has 1 atom stereocenters. The van der Waals surface area contributed by atoms with Gasteiger partial charge in [0.2, 0.25) is 5.91 Å². The summed E-state index contributed by atoms with van der Waals surface area (Å²) in [5.74, 6) is 0.221. The molecule has 4 heteroatoms. The highest BCUT2D eigenvalue weighted by atomic mass is 32.1. The molecule has 1 aliphatic rings. The van der Waals surface area contributed by atoms with E-state index in [1.165, 1.54) is 5.56 Å². The first-order chi connectivity index (χ1) is 7.27. The second kappa shape index (κ2) is 4.77. The highest BCUT2D eigenvalue weighted by molar-refractivity contribution is 7.07. The minimum Gasteiger partial charge on any atom is -0.337 e. The number of nitrogens with one attached hydrogen (secondary N) is 1. The van der Waals surface area contributed by atoms with E-state index in [1.54, 1.807) is 11.3 Å². The molecule has 82 valence electrons. The quantitative estimate of drug-likeness (QED) is 0.825. The van der Waals surface area contributed by atoms with Gasteiger partial charge in [0.1, 0.15) is 0 Å². The maximum atomic E-state index is 11.9. The molecule has 2 heterocycles. The van der Waals surface area contributed by atoms with Gasteiger partial charge in [-0.1, -0.05) is 0 Å². The van der Waals surface area contributed by atoms with Crippen LogP contribution in [0.4, 0.5) is 0 Å². The smallest absolute Gasteiger partial charge is 0.239 e. The van der Waals surface area contributed by atoms with E-state index in [1.807, 2.05) is 11.8 Å². The zero-order valence-corrected chi connectivity index (χ0v) is 9.72. The van der Waals surface area contributed by atoms with E-state index < -0.39 is 0 Å². The summed E-state index contributed by atoms with van der Waals surface area (Å²) in [7, 11) is 0. The molecule has 2 rings (SSSR count). The number of hydrogen-bond donors (Lipinski definition) is 1. The van der Waals surface area contributed by atoms with E-state index in [4.69, 9.17) is 0 Å². The molecule has 1 unspecified atom stereocenters. The van der Waals surface area contributed by atoms with Crippen molar-refractivity contribution in [1.82, 2.24) is 10.2 Å². The first-order valence-electron chi connectivity index (χ1n) is 5.30. The third kappa shape index (κ3) is 2.58. The van der Waals surface area contributed by atoms with Gasteiger partial charge in [-0.15, -0.1) is 0 Å². The lowest BCUT2D eigenvalue weighted by atomic mass is 10.2. The van der Waals surface area contributed by atoms with Gasteiger partial charge in [-0.3, -0.25) is 4.79 Å². The number of amides is 1. The number of thiophene rings is 1. The summed E-state index contributed by atoms with van der Waals surface area (Å²) in [6.07, 6.45) is 1.04. The highest BCUT2D eigenvalue weighted by Crippen LogP contribution is 2.12. The molecule has 1 aromatic heterocycles. The molecule has 0 saturated carbocycles. The van der Waals surface area contributed by atoms with E-state index in [0.29, 0.717) is 0 Å². The lowest BCUT2D eigenvalue weighted by molar-refractivity contribution is -0.132. The van der Waals surface area contributed by atoms with Gasteiger partial charge < -0.3 is 10.2 Å². The Morgan fingerprint density at radius 1 is 1.67 bits per heavy atom. The summed E-state index contributed by atoms with van der Waals surface area (Å²) in [4.78, 5) is 13.9. The Hall–Kier alpha value is -0.870. The van der Waals surface area contributed by atoms with Crippen LogP contribution in [0.1, 0.15) is 18.9 Å². The number of nitrogens with zero attached hydrogens (tertiary/aromatic N) is 1. The lowest BCUT2D eigenvalue weighted by Crippen LogP contribution is -2.41. The summed E-state index contributed by atoms with van der Waals surface area (Å²) in [5, 5.41) is 7.38. The first-order valence-corrected chi connectivity index (χ1v) is 6.25. The van der Waals surface area contributed by atoms with Crippen molar-refractivity contribution in [3.05, 3.63) is 22.4 Å². The maximum absolute atomic E-state index is 11.9. The summed E-state index contributed by atoms with van der Waals surface area (Å²) >= 11 is 1.68. The van der Waals surface area contributed by atoms with Crippen molar-refractivity contribution >= 4 is 17.2 Å². The molecule has 1 amide bonds. The van der Waals surface area contributed by atoms with Gasteiger partial charge in [0.15, 0.2) is 0 Å². The fourth-order valence-corrected chi connectivity index (χ4v) is 2.48. The number of carbonyl (C=O) groups is 1. The fraction of sp³-hybridized carbons (Fsp3) is 0.545. The monoisotopic (exact) mass is 224 g/mol. The Kier molecular flexibility index (Phi) is 3.38. The minimum atomic E-state index is -0.0360. The molecule has 1 saturated heterocycles. The summed E-state index contributed by atoms with van der Waals surface area (Å²) in [6.45, 7) is 4.50. The van der Waals surface area contributed by atoms with Gasteiger partial charge in [0.25, 0.3) is 0 Å². The van der Waals surface area contributed by atoms with E-state index >= 15 is 0 Å². The Labute approximate surface area is 94.1 Å². The molecule has 0 aromatic carbocycles. The predicted molar refractivity (Wildman–Crippen MR) is 61.8 cm³/mol. The molecular formula is C11H16N2OS. The van der Waals surface area contributed by atoms with Gasteiger partial charge in [-0.05, 0) is 42.3 Å². The van der Waals surface area contributed by atoms with Crippen molar-refractivity contribution in [3.8, 4) is 0 Å². The van der Waals surface area contributed by atoms with Crippen LogP contribution in [0, 0.1) is 0 Å². The van der Waals surface area contributed by atoms with E-state index in [2.05, 4.69) is 22.1 Å².